The Morgan fingerprint density at radius 1 is 1.00 bits per heavy atom. The molecular formula is C30H23Cl4FN2O2Si. The molecule has 1 aliphatic carbocycles. The molecule has 204 valence electrons. The molecule has 4 nitrogen and oxygen atoms in total. The number of carbonyl (C=O) groups is 2. The van der Waals surface area contributed by atoms with E-state index >= 15 is 0 Å². The highest BCUT2D eigenvalue weighted by atomic mass is 35.5. The van der Waals surface area contributed by atoms with Gasteiger partial charge in [0.2, 0.25) is 5.91 Å². The first-order valence-corrected chi connectivity index (χ1v) is 17.2. The summed E-state index contributed by atoms with van der Waals surface area (Å²) in [4.78, 5) is 26.2. The monoisotopic (exact) mass is 630 g/mol. The number of hydrogen-bond acceptors (Lipinski definition) is 3. The van der Waals surface area contributed by atoms with Gasteiger partial charge in [-0.15, -0.1) is 28.7 Å². The summed E-state index contributed by atoms with van der Waals surface area (Å²) in [5.74, 6) is 0.470. The van der Waals surface area contributed by atoms with Crippen molar-refractivity contribution in [3.63, 3.8) is 0 Å². The van der Waals surface area contributed by atoms with Gasteiger partial charge < -0.3 is 5.32 Å². The first-order valence-electron chi connectivity index (χ1n) is 12.2. The van der Waals surface area contributed by atoms with Crippen molar-refractivity contribution in [3.05, 3.63) is 98.3 Å². The van der Waals surface area contributed by atoms with Crippen molar-refractivity contribution in [1.29, 1.82) is 5.26 Å². The van der Waals surface area contributed by atoms with Crippen molar-refractivity contribution in [1.82, 2.24) is 0 Å². The van der Waals surface area contributed by atoms with Gasteiger partial charge in [-0.3, -0.25) is 9.59 Å². The van der Waals surface area contributed by atoms with Gasteiger partial charge in [0.15, 0.2) is 5.78 Å². The number of nitriles is 1. The molecule has 0 heterocycles. The molecule has 2 unspecified atom stereocenters. The number of nitrogens with zero attached hydrogens (tertiary/aromatic N) is 1. The Labute approximate surface area is 253 Å². The van der Waals surface area contributed by atoms with Crippen LogP contribution < -0.4 is 5.32 Å². The Balaban J connectivity index is 1.50. The molecule has 2 atom stereocenters. The second kappa shape index (κ2) is 11.6. The molecule has 0 radical (unpaired) electrons. The molecule has 0 aliphatic heterocycles. The fourth-order valence-corrected chi connectivity index (χ4v) is 6.06. The van der Waals surface area contributed by atoms with E-state index in [2.05, 4.69) is 36.4 Å². The molecule has 0 spiro atoms. The van der Waals surface area contributed by atoms with Crippen molar-refractivity contribution in [2.75, 3.05) is 5.32 Å². The molecule has 0 bridgehead atoms. The summed E-state index contributed by atoms with van der Waals surface area (Å²) in [5, 5.41) is 12.7. The summed E-state index contributed by atoms with van der Waals surface area (Å²) >= 11 is 25.8. The largest absolute Gasteiger partial charge is 0.326 e. The number of anilines is 1. The summed E-state index contributed by atoms with van der Waals surface area (Å²) in [7, 11) is -1.58. The van der Waals surface area contributed by atoms with Crippen LogP contribution in [0.25, 0.3) is 0 Å². The van der Waals surface area contributed by atoms with Crippen LogP contribution in [0.2, 0.25) is 29.7 Å². The van der Waals surface area contributed by atoms with Crippen molar-refractivity contribution in [3.8, 4) is 17.5 Å². The van der Waals surface area contributed by atoms with E-state index in [4.69, 9.17) is 46.4 Å². The molecule has 4 rings (SSSR count). The number of nitrogens with one attached hydrogen (secondary N) is 1. The second-order valence-electron chi connectivity index (χ2n) is 10.6. The van der Waals surface area contributed by atoms with E-state index in [0.29, 0.717) is 27.4 Å². The van der Waals surface area contributed by atoms with Crippen molar-refractivity contribution in [2.45, 2.75) is 36.3 Å². The number of carbonyl (C=O) groups excluding carboxylic acids is 2. The highest BCUT2D eigenvalue weighted by Crippen LogP contribution is 2.65. The molecule has 0 aromatic heterocycles. The van der Waals surface area contributed by atoms with Gasteiger partial charge in [0.1, 0.15) is 18.2 Å². The highest BCUT2D eigenvalue weighted by molar-refractivity contribution is 6.83. The van der Waals surface area contributed by atoms with Crippen LogP contribution in [0.3, 0.4) is 0 Å². The first-order chi connectivity index (χ1) is 18.7. The lowest BCUT2D eigenvalue weighted by molar-refractivity contribution is -0.117. The average molecular weight is 632 g/mol. The Morgan fingerprint density at radius 2 is 1.73 bits per heavy atom. The van der Waals surface area contributed by atoms with Gasteiger partial charge in [0.05, 0.1) is 27.6 Å². The summed E-state index contributed by atoms with van der Waals surface area (Å²) in [6.07, 6.45) is -0.170. The minimum absolute atomic E-state index is 0.0607. The van der Waals surface area contributed by atoms with Gasteiger partial charge in [-0.1, -0.05) is 60.9 Å². The van der Waals surface area contributed by atoms with E-state index in [1.807, 2.05) is 12.1 Å². The Kier molecular flexibility index (Phi) is 8.71. The van der Waals surface area contributed by atoms with E-state index in [-0.39, 0.29) is 22.6 Å². The van der Waals surface area contributed by atoms with Gasteiger partial charge >= 0.3 is 0 Å². The van der Waals surface area contributed by atoms with Gasteiger partial charge in [-0.2, -0.15) is 5.26 Å². The fourth-order valence-electron chi connectivity index (χ4n) is 4.26. The van der Waals surface area contributed by atoms with Crippen molar-refractivity contribution >= 4 is 71.9 Å². The van der Waals surface area contributed by atoms with Crippen LogP contribution in [0.5, 0.6) is 0 Å². The molecule has 1 N–H and O–H groups in total. The molecule has 1 amide bonds. The molecule has 3 aromatic rings. The van der Waals surface area contributed by atoms with Crippen molar-refractivity contribution in [2.24, 2.45) is 5.92 Å². The summed E-state index contributed by atoms with van der Waals surface area (Å²) in [6, 6.07) is 15.4. The third kappa shape index (κ3) is 6.71. The SMILES string of the molecule is C[Si](C)(C)C#Cc1ccc(C2C(C(=O)Nc3ccc(Cl)c(C(=O)Cc4ccc(F)cc4C#N)c3)C2(Cl)Cl)cc1Cl. The third-order valence-electron chi connectivity index (χ3n) is 6.34. The van der Waals surface area contributed by atoms with Crippen LogP contribution in [-0.2, 0) is 11.2 Å². The molecule has 1 saturated carbocycles. The molecule has 10 heteroatoms. The standard InChI is InChI=1S/C30H23Cl4FN2O2Si/c1-40(2,3)11-10-17-4-5-19(13-25(17)32)27-28(30(27,33)34)29(39)37-22-8-9-24(31)23(15-22)26(38)14-18-6-7-21(35)12-20(18)16-36/h4-9,12-13,15,27-28H,14H2,1-3H3,(H,37,39). The Morgan fingerprint density at radius 3 is 2.38 bits per heavy atom. The number of alkyl halides is 2. The molecule has 3 aromatic carbocycles. The number of benzene rings is 3. The molecule has 40 heavy (non-hydrogen) atoms. The molecule has 1 fully saturated rings. The Hall–Kier alpha value is -2.84. The van der Waals surface area contributed by atoms with Crippen LogP contribution in [0.1, 0.15) is 38.5 Å². The maximum absolute atomic E-state index is 13.5. The van der Waals surface area contributed by atoms with Crippen LogP contribution in [-0.4, -0.2) is 24.1 Å². The van der Waals surface area contributed by atoms with Crippen LogP contribution in [0.15, 0.2) is 54.6 Å². The quantitative estimate of drug-likeness (QED) is 0.129. The van der Waals surface area contributed by atoms with Crippen LogP contribution in [0, 0.1) is 34.5 Å². The van der Waals surface area contributed by atoms with Gasteiger partial charge in [0, 0.05) is 29.2 Å². The minimum atomic E-state index is -1.58. The van der Waals surface area contributed by atoms with Gasteiger partial charge in [-0.05, 0) is 53.6 Å². The summed E-state index contributed by atoms with van der Waals surface area (Å²) < 4.78 is 12.1. The van der Waals surface area contributed by atoms with Gasteiger partial charge in [0.25, 0.3) is 0 Å². The maximum atomic E-state index is 13.5. The smallest absolute Gasteiger partial charge is 0.231 e. The highest BCUT2D eigenvalue weighted by Gasteiger charge is 2.67. The van der Waals surface area contributed by atoms with E-state index in [0.717, 1.165) is 6.07 Å². The number of ketones is 1. The zero-order valence-electron chi connectivity index (χ0n) is 21.7. The van der Waals surface area contributed by atoms with Gasteiger partial charge in [-0.25, -0.2) is 4.39 Å². The lowest BCUT2D eigenvalue weighted by Gasteiger charge is -2.10. The predicted molar refractivity (Wildman–Crippen MR) is 162 cm³/mol. The average Bonchev–Trinajstić information content (AvgIpc) is 3.46. The van der Waals surface area contributed by atoms with Crippen LogP contribution in [0.4, 0.5) is 10.1 Å². The predicted octanol–water partition coefficient (Wildman–Crippen LogP) is 8.18. The molecule has 1 aliphatic rings. The number of Topliss-reactive ketones (excluding diaryl/α,β-unsaturated/α-hetero) is 1. The normalized spacial score (nSPS) is 17.3. The van der Waals surface area contributed by atoms with Crippen LogP contribution >= 0.6 is 46.4 Å². The zero-order chi connectivity index (χ0) is 29.4. The molecular weight excluding hydrogens is 609 g/mol. The maximum Gasteiger partial charge on any atom is 0.231 e. The minimum Gasteiger partial charge on any atom is -0.326 e. The fraction of sp³-hybridized carbons (Fsp3) is 0.233. The van der Waals surface area contributed by atoms with E-state index in [1.165, 1.54) is 24.3 Å². The topological polar surface area (TPSA) is 70.0 Å². The number of amides is 1. The van der Waals surface area contributed by atoms with E-state index in [9.17, 15) is 19.2 Å². The lowest BCUT2D eigenvalue weighted by atomic mass is 9.98. The zero-order valence-corrected chi connectivity index (χ0v) is 25.7. The van der Waals surface area contributed by atoms with E-state index < -0.39 is 41.8 Å². The number of hydrogen-bond donors (Lipinski definition) is 1. The summed E-state index contributed by atoms with van der Waals surface area (Å²) in [6.45, 7) is 6.42. The number of halogens is 5. The van der Waals surface area contributed by atoms with E-state index in [1.54, 1.807) is 18.2 Å². The lowest BCUT2D eigenvalue weighted by Crippen LogP contribution is -2.17. The summed E-state index contributed by atoms with van der Waals surface area (Å²) in [5.41, 5.74) is 5.58. The Bertz CT molecular complexity index is 1630. The van der Waals surface area contributed by atoms with Crippen molar-refractivity contribution < 1.29 is 14.0 Å². The third-order valence-corrected chi connectivity index (χ3v) is 8.80. The first kappa shape index (κ1) is 30.1. The second-order valence-corrected chi connectivity index (χ2v) is 17.6. The molecule has 0 saturated heterocycles. The number of rotatable bonds is 6.